The highest BCUT2D eigenvalue weighted by Gasteiger charge is 2.50. The molecular weight excluding hydrogens is 260 g/mol. The number of carbonyl (C=O) groups excluding carboxylic acids is 1. The van der Waals surface area contributed by atoms with Crippen LogP contribution in [0, 0.1) is 11.3 Å². The first-order valence-electron chi connectivity index (χ1n) is 7.28. The molecule has 0 bridgehead atoms. The standard InChI is InChI=1S/C18H20N2O/c1-18(2)12-16(18)17(21)20-15-10-8-14(9-11-15)19-13-6-4-3-5-7-13/h3-11,16,19H,12H2,1-2H3,(H,20,21). The highest BCUT2D eigenvalue weighted by molar-refractivity contribution is 5.95. The third-order valence-electron chi connectivity index (χ3n) is 4.04. The smallest absolute Gasteiger partial charge is 0.228 e. The number of anilines is 3. The Kier molecular flexibility index (Phi) is 3.42. The van der Waals surface area contributed by atoms with Gasteiger partial charge in [-0.1, -0.05) is 32.0 Å². The molecule has 0 radical (unpaired) electrons. The van der Waals surface area contributed by atoms with Crippen molar-refractivity contribution in [3.8, 4) is 0 Å². The molecule has 108 valence electrons. The third-order valence-corrected chi connectivity index (χ3v) is 4.04. The van der Waals surface area contributed by atoms with Crippen LogP contribution in [-0.4, -0.2) is 5.91 Å². The van der Waals surface area contributed by atoms with Crippen molar-refractivity contribution in [3.63, 3.8) is 0 Å². The molecule has 2 aromatic carbocycles. The maximum absolute atomic E-state index is 12.0. The molecule has 0 saturated heterocycles. The summed E-state index contributed by atoms with van der Waals surface area (Å²) in [5, 5.41) is 6.30. The van der Waals surface area contributed by atoms with E-state index in [0.717, 1.165) is 23.5 Å². The Morgan fingerprint density at radius 2 is 1.48 bits per heavy atom. The zero-order valence-electron chi connectivity index (χ0n) is 12.4. The maximum Gasteiger partial charge on any atom is 0.228 e. The van der Waals surface area contributed by atoms with Crippen LogP contribution in [0.1, 0.15) is 20.3 Å². The van der Waals surface area contributed by atoms with Crippen molar-refractivity contribution >= 4 is 23.0 Å². The topological polar surface area (TPSA) is 41.1 Å². The van der Waals surface area contributed by atoms with Gasteiger partial charge in [0.25, 0.3) is 0 Å². The Morgan fingerprint density at radius 3 is 2.05 bits per heavy atom. The second-order valence-electron chi connectivity index (χ2n) is 6.30. The molecule has 3 nitrogen and oxygen atoms in total. The van der Waals surface area contributed by atoms with E-state index in [2.05, 4.69) is 24.5 Å². The van der Waals surface area contributed by atoms with Gasteiger partial charge in [-0.3, -0.25) is 4.79 Å². The van der Waals surface area contributed by atoms with Gasteiger partial charge in [0, 0.05) is 23.0 Å². The Bertz CT molecular complexity index is 632. The van der Waals surface area contributed by atoms with Crippen molar-refractivity contribution in [3.05, 3.63) is 54.6 Å². The Labute approximate surface area is 125 Å². The zero-order valence-corrected chi connectivity index (χ0v) is 12.4. The molecule has 1 fully saturated rings. The number of carbonyl (C=O) groups is 1. The largest absolute Gasteiger partial charge is 0.356 e. The molecule has 2 N–H and O–H groups in total. The molecule has 21 heavy (non-hydrogen) atoms. The average Bonchev–Trinajstić information content (AvgIpc) is 3.11. The number of amides is 1. The quantitative estimate of drug-likeness (QED) is 0.870. The van der Waals surface area contributed by atoms with Gasteiger partial charge in [-0.2, -0.15) is 0 Å². The maximum atomic E-state index is 12.0. The van der Waals surface area contributed by atoms with Crippen LogP contribution in [0.4, 0.5) is 17.1 Å². The molecule has 0 spiro atoms. The van der Waals surface area contributed by atoms with Crippen LogP contribution in [0.3, 0.4) is 0 Å². The normalized spacial score (nSPS) is 18.9. The summed E-state index contributed by atoms with van der Waals surface area (Å²) in [6.45, 7) is 4.26. The van der Waals surface area contributed by atoms with E-state index < -0.39 is 0 Å². The first-order valence-corrected chi connectivity index (χ1v) is 7.28. The second-order valence-corrected chi connectivity index (χ2v) is 6.30. The van der Waals surface area contributed by atoms with Crippen LogP contribution in [0.15, 0.2) is 54.6 Å². The number of para-hydroxylation sites is 1. The van der Waals surface area contributed by atoms with Gasteiger partial charge in [0.05, 0.1) is 0 Å². The first-order chi connectivity index (χ1) is 10.0. The summed E-state index contributed by atoms with van der Waals surface area (Å²) < 4.78 is 0. The minimum absolute atomic E-state index is 0.128. The molecule has 3 heteroatoms. The monoisotopic (exact) mass is 280 g/mol. The number of benzene rings is 2. The molecule has 0 aromatic heterocycles. The SMILES string of the molecule is CC1(C)CC1C(=O)Nc1ccc(Nc2ccccc2)cc1. The van der Waals surface area contributed by atoms with Crippen LogP contribution in [0.25, 0.3) is 0 Å². The van der Waals surface area contributed by atoms with Crippen molar-refractivity contribution < 1.29 is 4.79 Å². The highest BCUT2D eigenvalue weighted by atomic mass is 16.2. The molecule has 1 atom stereocenters. The summed E-state index contributed by atoms with van der Waals surface area (Å²) in [5.41, 5.74) is 3.07. The van der Waals surface area contributed by atoms with E-state index in [4.69, 9.17) is 0 Å². The molecular formula is C18H20N2O. The Morgan fingerprint density at radius 1 is 0.952 bits per heavy atom. The number of hydrogen-bond acceptors (Lipinski definition) is 2. The van der Waals surface area contributed by atoms with E-state index in [1.165, 1.54) is 0 Å². The van der Waals surface area contributed by atoms with Crippen molar-refractivity contribution in [2.75, 3.05) is 10.6 Å². The van der Waals surface area contributed by atoms with E-state index in [1.54, 1.807) is 0 Å². The summed E-state index contributed by atoms with van der Waals surface area (Å²) in [6.07, 6.45) is 0.979. The van der Waals surface area contributed by atoms with Gasteiger partial charge in [0.2, 0.25) is 5.91 Å². The van der Waals surface area contributed by atoms with Gasteiger partial charge < -0.3 is 10.6 Å². The summed E-state index contributed by atoms with van der Waals surface area (Å²) in [4.78, 5) is 12.0. The molecule has 1 saturated carbocycles. The van der Waals surface area contributed by atoms with Crippen LogP contribution >= 0.6 is 0 Å². The fraction of sp³-hybridized carbons (Fsp3) is 0.278. The minimum atomic E-state index is 0.128. The van der Waals surface area contributed by atoms with Gasteiger partial charge in [-0.25, -0.2) is 0 Å². The lowest BCUT2D eigenvalue weighted by Gasteiger charge is -2.09. The molecule has 3 rings (SSSR count). The summed E-state index contributed by atoms with van der Waals surface area (Å²) in [6, 6.07) is 17.8. The van der Waals surface area contributed by atoms with Crippen molar-refractivity contribution in [2.45, 2.75) is 20.3 Å². The average molecular weight is 280 g/mol. The van der Waals surface area contributed by atoms with Crippen LogP contribution in [-0.2, 0) is 4.79 Å². The fourth-order valence-corrected chi connectivity index (χ4v) is 2.47. The lowest BCUT2D eigenvalue weighted by molar-refractivity contribution is -0.117. The first kappa shape index (κ1) is 13.7. The molecule has 0 aliphatic heterocycles. The van der Waals surface area contributed by atoms with Gasteiger partial charge in [0.15, 0.2) is 0 Å². The van der Waals surface area contributed by atoms with Gasteiger partial charge in [0.1, 0.15) is 0 Å². The molecule has 0 heterocycles. The fourth-order valence-electron chi connectivity index (χ4n) is 2.47. The lowest BCUT2D eigenvalue weighted by atomic mass is 10.1. The van der Waals surface area contributed by atoms with Gasteiger partial charge in [-0.05, 0) is 48.2 Å². The molecule has 2 aromatic rings. The summed E-state index contributed by atoms with van der Waals surface area (Å²) in [5.74, 6) is 0.281. The number of nitrogens with one attached hydrogen (secondary N) is 2. The number of rotatable bonds is 4. The number of hydrogen-bond donors (Lipinski definition) is 2. The van der Waals surface area contributed by atoms with Crippen molar-refractivity contribution in [2.24, 2.45) is 11.3 Å². The second kappa shape index (κ2) is 5.24. The van der Waals surface area contributed by atoms with E-state index >= 15 is 0 Å². The summed E-state index contributed by atoms with van der Waals surface area (Å²) in [7, 11) is 0. The molecule has 1 aliphatic rings. The molecule has 1 aliphatic carbocycles. The van der Waals surface area contributed by atoms with Gasteiger partial charge >= 0.3 is 0 Å². The molecule has 1 amide bonds. The lowest BCUT2D eigenvalue weighted by Crippen LogP contribution is -2.16. The predicted octanol–water partition coefficient (Wildman–Crippen LogP) is 4.41. The van der Waals surface area contributed by atoms with Crippen LogP contribution < -0.4 is 10.6 Å². The van der Waals surface area contributed by atoms with Crippen LogP contribution in [0.2, 0.25) is 0 Å². The van der Waals surface area contributed by atoms with E-state index in [-0.39, 0.29) is 17.2 Å². The Hall–Kier alpha value is -2.29. The van der Waals surface area contributed by atoms with E-state index in [1.807, 2.05) is 54.6 Å². The third kappa shape index (κ3) is 3.24. The predicted molar refractivity (Wildman–Crippen MR) is 86.7 cm³/mol. The zero-order chi connectivity index (χ0) is 14.9. The van der Waals surface area contributed by atoms with E-state index in [0.29, 0.717) is 0 Å². The highest BCUT2D eigenvalue weighted by Crippen LogP contribution is 2.51. The van der Waals surface area contributed by atoms with Crippen molar-refractivity contribution in [1.82, 2.24) is 0 Å². The van der Waals surface area contributed by atoms with Gasteiger partial charge in [-0.15, -0.1) is 0 Å². The van der Waals surface area contributed by atoms with Crippen molar-refractivity contribution in [1.29, 1.82) is 0 Å². The molecule has 1 unspecified atom stereocenters. The van der Waals surface area contributed by atoms with Crippen LogP contribution in [0.5, 0.6) is 0 Å². The summed E-state index contributed by atoms with van der Waals surface area (Å²) >= 11 is 0. The minimum Gasteiger partial charge on any atom is -0.356 e. The van der Waals surface area contributed by atoms with E-state index in [9.17, 15) is 4.79 Å². The Balaban J connectivity index is 1.61.